The Morgan fingerprint density at radius 2 is 1.95 bits per heavy atom. The van der Waals surface area contributed by atoms with Gasteiger partial charge in [-0.25, -0.2) is 13.7 Å². The van der Waals surface area contributed by atoms with Gasteiger partial charge in [0.2, 0.25) is 0 Å². The molecule has 41 heavy (non-hydrogen) atoms. The molecular formula is C29H28FN7O4. The minimum atomic E-state index is -1.68. The number of carbonyl (C=O) groups is 2. The summed E-state index contributed by atoms with van der Waals surface area (Å²) in [5, 5.41) is 29.3. The largest absolute Gasteiger partial charge is 0.453 e. The molecule has 11 nitrogen and oxygen atoms in total. The number of hydrogen-bond donors (Lipinski definition) is 3. The molecular weight excluding hydrogens is 529 g/mol. The summed E-state index contributed by atoms with van der Waals surface area (Å²) in [5.41, 5.74) is 3.78. The lowest BCUT2D eigenvalue weighted by atomic mass is 10.0. The van der Waals surface area contributed by atoms with E-state index in [4.69, 9.17) is 4.74 Å². The summed E-state index contributed by atoms with van der Waals surface area (Å²) in [5.74, 6) is -0.576. The fraction of sp³-hybridized carbons (Fsp3) is 0.276. The Morgan fingerprint density at radius 1 is 1.17 bits per heavy atom. The smallest absolute Gasteiger partial charge is 0.410 e. The maximum Gasteiger partial charge on any atom is 0.410 e. The number of benzene rings is 1. The van der Waals surface area contributed by atoms with E-state index in [-0.39, 0.29) is 12.1 Å². The molecule has 1 aliphatic rings. The van der Waals surface area contributed by atoms with Gasteiger partial charge in [-0.3, -0.25) is 14.7 Å². The molecule has 3 aromatic heterocycles. The molecule has 0 saturated heterocycles. The minimum absolute atomic E-state index is 0.161. The SMILES string of the molecule is COC(=O)N1Cc2ccc(Nc3cc(-c4ccc5cc(C#N)cnn45)ncc3C(=O)NC[C@@H](F)C(C)(C)O)cc2C1. The number of nitrogens with zero attached hydrogens (tertiary/aromatic N) is 5. The van der Waals surface area contributed by atoms with Crippen LogP contribution in [0, 0.1) is 11.3 Å². The number of amides is 2. The van der Waals surface area contributed by atoms with Crippen molar-refractivity contribution in [3.05, 3.63) is 77.1 Å². The number of aliphatic hydroxyl groups is 1. The number of halogens is 1. The van der Waals surface area contributed by atoms with Crippen molar-refractivity contribution in [3.63, 3.8) is 0 Å². The van der Waals surface area contributed by atoms with E-state index in [2.05, 4.69) is 26.8 Å². The van der Waals surface area contributed by atoms with Crippen LogP contribution in [0.15, 0.2) is 54.9 Å². The van der Waals surface area contributed by atoms with E-state index in [0.29, 0.717) is 46.9 Å². The number of ether oxygens (including phenoxy) is 1. The van der Waals surface area contributed by atoms with Gasteiger partial charge in [-0.1, -0.05) is 6.07 Å². The van der Waals surface area contributed by atoms with Crippen LogP contribution in [-0.2, 0) is 17.8 Å². The van der Waals surface area contributed by atoms with Gasteiger partial charge >= 0.3 is 6.09 Å². The number of nitrogens with one attached hydrogen (secondary N) is 2. The maximum absolute atomic E-state index is 14.4. The van der Waals surface area contributed by atoms with Crippen molar-refractivity contribution >= 4 is 28.9 Å². The number of rotatable bonds is 7. The van der Waals surface area contributed by atoms with Crippen LogP contribution in [-0.4, -0.2) is 62.0 Å². The Labute approximate surface area is 235 Å². The molecule has 0 unspecified atom stereocenters. The first-order chi connectivity index (χ1) is 19.6. The van der Waals surface area contributed by atoms with Crippen molar-refractivity contribution in [2.24, 2.45) is 0 Å². The first-order valence-electron chi connectivity index (χ1n) is 12.8. The molecule has 0 spiro atoms. The predicted molar refractivity (Wildman–Crippen MR) is 148 cm³/mol. The number of alkyl halides is 1. The average molecular weight is 558 g/mol. The molecule has 12 heteroatoms. The summed E-state index contributed by atoms with van der Waals surface area (Å²) in [7, 11) is 1.34. The van der Waals surface area contributed by atoms with E-state index >= 15 is 0 Å². The van der Waals surface area contributed by atoms with E-state index < -0.39 is 23.8 Å². The van der Waals surface area contributed by atoms with Gasteiger partial charge in [-0.15, -0.1) is 0 Å². The van der Waals surface area contributed by atoms with Crippen molar-refractivity contribution in [3.8, 4) is 17.5 Å². The maximum atomic E-state index is 14.4. The van der Waals surface area contributed by atoms with Gasteiger partial charge in [-0.2, -0.15) is 10.4 Å². The van der Waals surface area contributed by atoms with Crippen LogP contribution < -0.4 is 10.6 Å². The normalized spacial score (nSPS) is 13.4. The summed E-state index contributed by atoms with van der Waals surface area (Å²) in [6.07, 6.45) is 0.747. The van der Waals surface area contributed by atoms with Crippen LogP contribution in [0.25, 0.3) is 16.9 Å². The molecule has 0 aliphatic carbocycles. The van der Waals surface area contributed by atoms with Crippen LogP contribution in [0.1, 0.15) is 40.9 Å². The molecule has 4 aromatic rings. The highest BCUT2D eigenvalue weighted by Crippen LogP contribution is 2.31. The first-order valence-corrected chi connectivity index (χ1v) is 12.8. The fourth-order valence-corrected chi connectivity index (χ4v) is 4.55. The number of anilines is 2. The highest BCUT2D eigenvalue weighted by Gasteiger charge is 2.28. The lowest BCUT2D eigenvalue weighted by molar-refractivity contribution is -0.00177. The van der Waals surface area contributed by atoms with E-state index in [0.717, 1.165) is 11.1 Å². The summed E-state index contributed by atoms with van der Waals surface area (Å²) < 4.78 is 20.8. The minimum Gasteiger partial charge on any atom is -0.453 e. The van der Waals surface area contributed by atoms with E-state index in [1.807, 2.05) is 30.3 Å². The van der Waals surface area contributed by atoms with Crippen LogP contribution in [0.2, 0.25) is 0 Å². The Balaban J connectivity index is 1.49. The number of carbonyl (C=O) groups excluding carboxylic acids is 2. The van der Waals surface area contributed by atoms with Crippen LogP contribution in [0.4, 0.5) is 20.6 Å². The van der Waals surface area contributed by atoms with Crippen molar-refractivity contribution < 1.29 is 23.8 Å². The number of fused-ring (bicyclic) bond motifs is 2. The summed E-state index contributed by atoms with van der Waals surface area (Å²) in [4.78, 5) is 31.2. The van der Waals surface area contributed by atoms with Gasteiger partial charge in [0.1, 0.15) is 12.2 Å². The Morgan fingerprint density at radius 3 is 2.68 bits per heavy atom. The van der Waals surface area contributed by atoms with E-state index in [1.165, 1.54) is 33.4 Å². The van der Waals surface area contributed by atoms with Crippen molar-refractivity contribution in [1.29, 1.82) is 5.26 Å². The zero-order valence-electron chi connectivity index (χ0n) is 22.7. The van der Waals surface area contributed by atoms with Gasteiger partial charge in [0.15, 0.2) is 0 Å². The van der Waals surface area contributed by atoms with Crippen molar-refractivity contribution in [1.82, 2.24) is 24.8 Å². The molecule has 5 rings (SSSR count). The lowest BCUT2D eigenvalue weighted by Crippen LogP contribution is -2.42. The highest BCUT2D eigenvalue weighted by molar-refractivity contribution is 6.00. The zero-order chi connectivity index (χ0) is 29.3. The second-order valence-electron chi connectivity index (χ2n) is 10.3. The van der Waals surface area contributed by atoms with E-state index in [1.54, 1.807) is 21.5 Å². The van der Waals surface area contributed by atoms with Gasteiger partial charge in [0.05, 0.1) is 59.2 Å². The molecule has 1 aliphatic heterocycles. The highest BCUT2D eigenvalue weighted by atomic mass is 19.1. The molecule has 0 bridgehead atoms. The number of hydrogen-bond acceptors (Lipinski definition) is 8. The van der Waals surface area contributed by atoms with Gasteiger partial charge in [0.25, 0.3) is 5.91 Å². The summed E-state index contributed by atoms with van der Waals surface area (Å²) >= 11 is 0. The van der Waals surface area contributed by atoms with Crippen molar-refractivity contribution in [2.45, 2.75) is 38.7 Å². The zero-order valence-corrected chi connectivity index (χ0v) is 22.7. The molecule has 0 saturated carbocycles. The topological polar surface area (TPSA) is 145 Å². The molecule has 1 atom stereocenters. The number of methoxy groups -OCH3 is 1. The predicted octanol–water partition coefficient (Wildman–Crippen LogP) is 3.93. The fourth-order valence-electron chi connectivity index (χ4n) is 4.55. The molecule has 210 valence electrons. The molecule has 0 fully saturated rings. The second-order valence-corrected chi connectivity index (χ2v) is 10.3. The lowest BCUT2D eigenvalue weighted by Gasteiger charge is -2.22. The number of pyridine rings is 1. The number of nitriles is 1. The molecule has 2 amide bonds. The molecule has 3 N–H and O–H groups in total. The average Bonchev–Trinajstić information content (AvgIpc) is 3.58. The molecule has 0 radical (unpaired) electrons. The first kappa shape index (κ1) is 27.5. The second kappa shape index (κ2) is 10.9. The van der Waals surface area contributed by atoms with E-state index in [9.17, 15) is 24.3 Å². The third kappa shape index (κ3) is 5.66. The third-order valence-electron chi connectivity index (χ3n) is 6.89. The van der Waals surface area contributed by atoms with Crippen LogP contribution in [0.5, 0.6) is 0 Å². The van der Waals surface area contributed by atoms with Gasteiger partial charge < -0.3 is 20.5 Å². The Bertz CT molecular complexity index is 1690. The summed E-state index contributed by atoms with van der Waals surface area (Å²) in [6, 6.07) is 14.7. The van der Waals surface area contributed by atoms with Gasteiger partial charge in [-0.05, 0) is 61.4 Å². The van der Waals surface area contributed by atoms with Crippen LogP contribution >= 0.6 is 0 Å². The quantitative estimate of drug-likeness (QED) is 0.310. The van der Waals surface area contributed by atoms with Gasteiger partial charge in [0, 0.05) is 25.0 Å². The summed E-state index contributed by atoms with van der Waals surface area (Å²) in [6.45, 7) is 3.09. The third-order valence-corrected chi connectivity index (χ3v) is 6.89. The Hall–Kier alpha value is -5.02. The van der Waals surface area contributed by atoms with Crippen LogP contribution in [0.3, 0.4) is 0 Å². The number of aromatic nitrogens is 3. The Kier molecular flexibility index (Phi) is 7.30. The molecule has 4 heterocycles. The standard InChI is InChI=1S/C29H28FN7O4/c1-29(2,40)26(30)14-33-27(38)22-13-32-24(25-7-6-21-8-17(11-31)12-34-37(21)25)10-23(22)35-20-5-4-18-15-36(28(39)41-3)16-19(18)9-20/h4-10,12-13,26,40H,14-16H2,1-3H3,(H,32,35)(H,33,38)/t26-/m1/s1. The monoisotopic (exact) mass is 557 g/mol. The van der Waals surface area contributed by atoms with Crippen molar-refractivity contribution in [2.75, 3.05) is 19.0 Å². The molecule has 1 aromatic carbocycles.